The van der Waals surface area contributed by atoms with Crippen LogP contribution in [-0.2, 0) is 0 Å². The Balaban J connectivity index is 1.54. The quantitative estimate of drug-likeness (QED) is 0.290. The van der Waals surface area contributed by atoms with E-state index >= 15 is 0 Å². The summed E-state index contributed by atoms with van der Waals surface area (Å²) in [6.45, 7) is 2.97. The molecule has 0 aliphatic carbocycles. The molecule has 0 radical (unpaired) electrons. The number of hydrogen-bond acceptors (Lipinski definition) is 3. The highest BCUT2D eigenvalue weighted by atomic mass is 35.5. The van der Waals surface area contributed by atoms with Gasteiger partial charge in [0.1, 0.15) is 0 Å². The molecule has 3 nitrogen and oxygen atoms in total. The van der Waals surface area contributed by atoms with Crippen molar-refractivity contribution in [2.75, 3.05) is 6.54 Å². The Bertz CT molecular complexity index is 953. The number of nitrogens with one attached hydrogen (secondary N) is 1. The number of thiophene rings is 1. The Morgan fingerprint density at radius 2 is 1.67 bits per heavy atom. The molecule has 5 heteroatoms. The zero-order valence-corrected chi connectivity index (χ0v) is 19.3. The van der Waals surface area contributed by atoms with Gasteiger partial charge in [0.05, 0.1) is 26.0 Å². The van der Waals surface area contributed by atoms with E-state index in [0.29, 0.717) is 12.1 Å². The van der Waals surface area contributed by atoms with Gasteiger partial charge in [0.2, 0.25) is 0 Å². The SMILES string of the molecule is CCCCCCCCCCCNC(=O)c1cc(-c2ccc(Cl)s2)nc2ccccc12. The molecule has 0 saturated heterocycles. The molecule has 2 aromatic heterocycles. The zero-order valence-electron chi connectivity index (χ0n) is 17.8. The second-order valence-corrected chi connectivity index (χ2v) is 9.48. The highest BCUT2D eigenvalue weighted by Gasteiger charge is 2.14. The fraction of sp³-hybridized carbons (Fsp3) is 0.440. The number of amides is 1. The molecule has 160 valence electrons. The van der Waals surface area contributed by atoms with Crippen molar-refractivity contribution in [3.05, 3.63) is 52.4 Å². The van der Waals surface area contributed by atoms with Crippen LogP contribution in [0.25, 0.3) is 21.5 Å². The summed E-state index contributed by atoms with van der Waals surface area (Å²) in [5, 5.41) is 3.99. The van der Waals surface area contributed by atoms with Gasteiger partial charge < -0.3 is 5.32 Å². The first kappa shape index (κ1) is 22.8. The van der Waals surface area contributed by atoms with Crippen molar-refractivity contribution in [3.63, 3.8) is 0 Å². The van der Waals surface area contributed by atoms with Gasteiger partial charge in [0.25, 0.3) is 5.91 Å². The average molecular weight is 443 g/mol. The maximum absolute atomic E-state index is 12.9. The molecule has 1 N–H and O–H groups in total. The van der Waals surface area contributed by atoms with Crippen LogP contribution in [-0.4, -0.2) is 17.4 Å². The van der Waals surface area contributed by atoms with Crippen molar-refractivity contribution in [1.29, 1.82) is 0 Å². The third-order valence-electron chi connectivity index (χ3n) is 5.35. The first-order valence-corrected chi connectivity index (χ1v) is 12.3. The van der Waals surface area contributed by atoms with Gasteiger partial charge in [-0.3, -0.25) is 4.79 Å². The normalized spacial score (nSPS) is 11.1. The molecule has 0 spiro atoms. The van der Waals surface area contributed by atoms with Crippen molar-refractivity contribution >= 4 is 39.7 Å². The molecule has 0 unspecified atom stereocenters. The summed E-state index contributed by atoms with van der Waals surface area (Å²) in [4.78, 5) is 18.6. The van der Waals surface area contributed by atoms with Gasteiger partial charge in [-0.15, -0.1) is 11.3 Å². The Morgan fingerprint density at radius 3 is 2.37 bits per heavy atom. The molecular formula is C25H31ClN2OS. The van der Waals surface area contributed by atoms with Crippen LogP contribution in [0.1, 0.15) is 75.1 Å². The molecule has 1 aromatic carbocycles. The number of nitrogens with zero attached hydrogens (tertiary/aromatic N) is 1. The van der Waals surface area contributed by atoms with Crippen LogP contribution in [0.4, 0.5) is 0 Å². The van der Waals surface area contributed by atoms with E-state index in [9.17, 15) is 4.79 Å². The number of halogens is 1. The fourth-order valence-corrected chi connectivity index (χ4v) is 4.68. The van der Waals surface area contributed by atoms with Crippen LogP contribution in [0.5, 0.6) is 0 Å². The van der Waals surface area contributed by atoms with E-state index in [1.807, 2.05) is 42.5 Å². The minimum atomic E-state index is -0.0305. The Kier molecular flexibility index (Phi) is 9.16. The van der Waals surface area contributed by atoms with Gasteiger partial charge in [-0.25, -0.2) is 4.98 Å². The van der Waals surface area contributed by atoms with E-state index in [2.05, 4.69) is 12.2 Å². The number of carbonyl (C=O) groups is 1. The number of pyridine rings is 1. The number of carbonyl (C=O) groups excluding carboxylic acids is 1. The Labute approximate surface area is 188 Å². The first-order chi connectivity index (χ1) is 14.7. The third kappa shape index (κ3) is 6.55. The lowest BCUT2D eigenvalue weighted by Gasteiger charge is -2.10. The molecule has 3 aromatic rings. The van der Waals surface area contributed by atoms with Crippen molar-refractivity contribution < 1.29 is 4.79 Å². The number of fused-ring (bicyclic) bond motifs is 1. The number of para-hydroxylation sites is 1. The third-order valence-corrected chi connectivity index (χ3v) is 6.61. The topological polar surface area (TPSA) is 42.0 Å². The molecular weight excluding hydrogens is 412 g/mol. The monoisotopic (exact) mass is 442 g/mol. The Morgan fingerprint density at radius 1 is 0.967 bits per heavy atom. The summed E-state index contributed by atoms with van der Waals surface area (Å²) in [6.07, 6.45) is 11.5. The summed E-state index contributed by atoms with van der Waals surface area (Å²) in [5.41, 5.74) is 2.29. The molecule has 30 heavy (non-hydrogen) atoms. The van der Waals surface area contributed by atoms with E-state index in [1.54, 1.807) is 0 Å². The van der Waals surface area contributed by atoms with Crippen LogP contribution >= 0.6 is 22.9 Å². The second-order valence-electron chi connectivity index (χ2n) is 7.76. The van der Waals surface area contributed by atoms with E-state index in [0.717, 1.165) is 32.2 Å². The molecule has 0 aliphatic heterocycles. The second kappa shape index (κ2) is 12.1. The molecule has 0 saturated carbocycles. The van der Waals surface area contributed by atoms with E-state index in [4.69, 9.17) is 16.6 Å². The van der Waals surface area contributed by atoms with Gasteiger partial charge in [-0.2, -0.15) is 0 Å². The number of aromatic nitrogens is 1. The van der Waals surface area contributed by atoms with Crippen molar-refractivity contribution in [3.8, 4) is 10.6 Å². The van der Waals surface area contributed by atoms with Gasteiger partial charge in [0, 0.05) is 11.9 Å². The van der Waals surface area contributed by atoms with E-state index in [-0.39, 0.29) is 5.91 Å². The van der Waals surface area contributed by atoms with Gasteiger partial charge in [-0.1, -0.05) is 88.1 Å². The van der Waals surface area contributed by atoms with Gasteiger partial charge >= 0.3 is 0 Å². The highest BCUT2D eigenvalue weighted by molar-refractivity contribution is 7.19. The molecule has 0 atom stereocenters. The van der Waals surface area contributed by atoms with Crippen LogP contribution in [0.2, 0.25) is 4.34 Å². The minimum Gasteiger partial charge on any atom is -0.352 e. The predicted molar refractivity (Wildman–Crippen MR) is 130 cm³/mol. The lowest BCUT2D eigenvalue weighted by atomic mass is 10.1. The molecule has 0 fully saturated rings. The van der Waals surface area contributed by atoms with Gasteiger partial charge in [-0.05, 0) is 30.7 Å². The lowest BCUT2D eigenvalue weighted by molar-refractivity contribution is 0.0954. The number of rotatable bonds is 12. The van der Waals surface area contributed by atoms with Crippen LogP contribution in [0.3, 0.4) is 0 Å². The molecule has 3 rings (SSSR count). The molecule has 1 amide bonds. The fourth-order valence-electron chi connectivity index (χ4n) is 3.67. The first-order valence-electron chi connectivity index (χ1n) is 11.1. The number of unbranched alkanes of at least 4 members (excludes halogenated alkanes) is 8. The minimum absolute atomic E-state index is 0.0305. The van der Waals surface area contributed by atoms with Gasteiger partial charge in [0.15, 0.2) is 0 Å². The van der Waals surface area contributed by atoms with Crippen molar-refractivity contribution in [1.82, 2.24) is 10.3 Å². The van der Waals surface area contributed by atoms with Crippen LogP contribution < -0.4 is 5.32 Å². The zero-order chi connectivity index (χ0) is 21.2. The number of hydrogen-bond donors (Lipinski definition) is 1. The Hall–Kier alpha value is -1.91. The molecule has 0 aliphatic rings. The van der Waals surface area contributed by atoms with E-state index < -0.39 is 0 Å². The average Bonchev–Trinajstić information content (AvgIpc) is 3.20. The maximum Gasteiger partial charge on any atom is 0.252 e. The molecule has 0 bridgehead atoms. The van der Waals surface area contributed by atoms with Crippen LogP contribution in [0, 0.1) is 0 Å². The maximum atomic E-state index is 12.9. The van der Waals surface area contributed by atoms with Crippen molar-refractivity contribution in [2.24, 2.45) is 0 Å². The van der Waals surface area contributed by atoms with Crippen molar-refractivity contribution in [2.45, 2.75) is 64.7 Å². The lowest BCUT2D eigenvalue weighted by Crippen LogP contribution is -2.24. The molecule has 2 heterocycles. The summed E-state index contributed by atoms with van der Waals surface area (Å²) in [7, 11) is 0. The summed E-state index contributed by atoms with van der Waals surface area (Å²) < 4.78 is 0.719. The smallest absolute Gasteiger partial charge is 0.252 e. The summed E-state index contributed by atoms with van der Waals surface area (Å²) in [6, 6.07) is 13.5. The number of benzene rings is 1. The largest absolute Gasteiger partial charge is 0.352 e. The summed E-state index contributed by atoms with van der Waals surface area (Å²) >= 11 is 7.57. The predicted octanol–water partition coefficient (Wildman–Crippen LogP) is 7.88. The highest BCUT2D eigenvalue weighted by Crippen LogP contribution is 2.32. The van der Waals surface area contributed by atoms with Crippen LogP contribution in [0.15, 0.2) is 42.5 Å². The summed E-state index contributed by atoms with van der Waals surface area (Å²) in [5.74, 6) is -0.0305. The standard InChI is InChI=1S/C25H31ClN2OS/c1-2-3-4-5-6-7-8-9-12-17-27-25(29)20-18-22(23-15-16-24(26)30-23)28-21-14-11-10-13-19(20)21/h10-11,13-16,18H,2-9,12,17H2,1H3,(H,27,29). The van der Waals surface area contributed by atoms with E-state index in [1.165, 1.54) is 62.7 Å².